The van der Waals surface area contributed by atoms with Gasteiger partial charge in [0.25, 0.3) is 0 Å². The van der Waals surface area contributed by atoms with Crippen LogP contribution in [0.4, 0.5) is 5.69 Å². The third kappa shape index (κ3) is 5.54. The van der Waals surface area contributed by atoms with Crippen LogP contribution in [0, 0.1) is 0 Å². The number of hydrogen-bond donors (Lipinski definition) is 3. The Bertz CT molecular complexity index is 1270. The highest BCUT2D eigenvalue weighted by molar-refractivity contribution is 6.01. The Morgan fingerprint density at radius 1 is 0.973 bits per heavy atom. The van der Waals surface area contributed by atoms with E-state index in [-0.39, 0.29) is 17.9 Å². The first-order chi connectivity index (χ1) is 18.0. The molecule has 5 rings (SSSR count). The molecule has 0 radical (unpaired) electrons. The van der Waals surface area contributed by atoms with Crippen molar-refractivity contribution in [3.63, 3.8) is 0 Å². The maximum atomic E-state index is 13.9. The zero-order valence-corrected chi connectivity index (χ0v) is 21.8. The van der Waals surface area contributed by atoms with Gasteiger partial charge in [0.15, 0.2) is 0 Å². The molecule has 0 aliphatic carbocycles. The van der Waals surface area contributed by atoms with Crippen molar-refractivity contribution in [3.8, 4) is 0 Å². The quantitative estimate of drug-likeness (QED) is 0.466. The Balaban J connectivity index is 1.47. The smallest absolute Gasteiger partial charge is 0.249 e. The van der Waals surface area contributed by atoms with Crippen LogP contribution >= 0.6 is 0 Å². The van der Waals surface area contributed by atoms with Gasteiger partial charge in [0.05, 0.1) is 12.6 Å². The maximum Gasteiger partial charge on any atom is 0.249 e. The minimum absolute atomic E-state index is 0.0597. The van der Waals surface area contributed by atoms with Crippen LogP contribution in [-0.2, 0) is 29.1 Å². The molecule has 2 amide bonds. The fourth-order valence-electron chi connectivity index (χ4n) is 5.42. The number of nitrogens with zero attached hydrogens (tertiary/aromatic N) is 2. The third-order valence-electron chi connectivity index (χ3n) is 7.73. The van der Waals surface area contributed by atoms with E-state index >= 15 is 0 Å². The van der Waals surface area contributed by atoms with Crippen molar-refractivity contribution < 1.29 is 9.59 Å². The fraction of sp³-hybridized carbons (Fsp3) is 0.400. The van der Waals surface area contributed by atoms with E-state index in [1.807, 2.05) is 23.1 Å². The number of hydrogen-bond acceptors (Lipinski definition) is 5. The Labute approximate surface area is 219 Å². The number of fused-ring (bicyclic) bond motifs is 2. The summed E-state index contributed by atoms with van der Waals surface area (Å²) < 4.78 is 0. The lowest BCUT2D eigenvalue weighted by Gasteiger charge is -2.29. The molecule has 1 fully saturated rings. The molecular weight excluding hydrogens is 462 g/mol. The van der Waals surface area contributed by atoms with Gasteiger partial charge in [-0.2, -0.15) is 0 Å². The lowest BCUT2D eigenvalue weighted by molar-refractivity contribution is -0.128. The van der Waals surface area contributed by atoms with Gasteiger partial charge in [-0.15, -0.1) is 0 Å². The molecular formula is C30H37N5O2. The van der Waals surface area contributed by atoms with Crippen LogP contribution in [0.25, 0.3) is 10.8 Å². The summed E-state index contributed by atoms with van der Waals surface area (Å²) in [5, 5.41) is 11.8. The molecule has 0 bridgehead atoms. The summed E-state index contributed by atoms with van der Waals surface area (Å²) in [6.45, 7) is 7.33. The van der Waals surface area contributed by atoms with E-state index in [0.29, 0.717) is 13.0 Å². The standard InChI is InChI=1S/C30H37N5O2/c1-21(31-2)29(36)33-27-14-13-22-7-3-6-10-28(22)35(30(27)37)20-24-12-11-23(19-34-17-15-32-16-18-34)25-8-4-5-9-26(24)25/h3-12,21,27,31-32H,13-20H2,1-2H3,(H,33,36)/t21-,27-/m0/s1. The zero-order valence-electron chi connectivity index (χ0n) is 21.8. The van der Waals surface area contributed by atoms with Gasteiger partial charge in [0.1, 0.15) is 6.04 Å². The van der Waals surface area contributed by atoms with Gasteiger partial charge in [-0.25, -0.2) is 0 Å². The second-order valence-electron chi connectivity index (χ2n) is 10.1. The normalized spacial score (nSPS) is 19.4. The summed E-state index contributed by atoms with van der Waals surface area (Å²) in [6, 6.07) is 20.1. The second-order valence-corrected chi connectivity index (χ2v) is 10.1. The average Bonchev–Trinajstić information content (AvgIpc) is 3.06. The van der Waals surface area contributed by atoms with Crippen LogP contribution < -0.4 is 20.9 Å². The summed E-state index contributed by atoms with van der Waals surface area (Å²) in [5.74, 6) is -0.218. The lowest BCUT2D eigenvalue weighted by atomic mass is 9.98. The maximum absolute atomic E-state index is 13.9. The first-order valence-electron chi connectivity index (χ1n) is 13.3. The molecule has 1 saturated heterocycles. The van der Waals surface area contributed by atoms with Gasteiger partial charge in [-0.3, -0.25) is 14.5 Å². The number of rotatable bonds is 7. The highest BCUT2D eigenvalue weighted by Gasteiger charge is 2.32. The Morgan fingerprint density at radius 3 is 2.32 bits per heavy atom. The molecule has 0 saturated carbocycles. The zero-order chi connectivity index (χ0) is 25.8. The Hall–Kier alpha value is -3.26. The van der Waals surface area contributed by atoms with Crippen molar-refractivity contribution >= 4 is 28.3 Å². The number of nitrogens with one attached hydrogen (secondary N) is 3. The SMILES string of the molecule is CN[C@@H](C)C(=O)N[C@H]1CCc2ccccc2N(Cc2ccc(CN3CCNCC3)c3ccccc23)C1=O. The average molecular weight is 500 g/mol. The minimum atomic E-state index is -0.561. The molecule has 7 nitrogen and oxygen atoms in total. The van der Waals surface area contributed by atoms with Crippen LogP contribution in [0.2, 0.25) is 0 Å². The predicted molar refractivity (Wildman–Crippen MR) is 149 cm³/mol. The lowest BCUT2D eigenvalue weighted by Crippen LogP contribution is -2.52. The first kappa shape index (κ1) is 25.4. The molecule has 0 spiro atoms. The van der Waals surface area contributed by atoms with Gasteiger partial charge in [0.2, 0.25) is 11.8 Å². The van der Waals surface area contributed by atoms with Crippen molar-refractivity contribution in [2.45, 2.75) is 44.9 Å². The highest BCUT2D eigenvalue weighted by Crippen LogP contribution is 2.31. The first-order valence-corrected chi connectivity index (χ1v) is 13.3. The number of carbonyl (C=O) groups is 2. The van der Waals surface area contributed by atoms with E-state index < -0.39 is 6.04 Å². The van der Waals surface area contributed by atoms with E-state index in [9.17, 15) is 9.59 Å². The number of amides is 2. The molecule has 2 heterocycles. The molecule has 3 N–H and O–H groups in total. The molecule has 3 aromatic rings. The molecule has 2 aliphatic heterocycles. The molecule has 0 aromatic heterocycles. The number of carbonyl (C=O) groups excluding carboxylic acids is 2. The van der Waals surface area contributed by atoms with E-state index in [1.54, 1.807) is 14.0 Å². The van der Waals surface area contributed by atoms with Crippen molar-refractivity contribution in [1.82, 2.24) is 20.9 Å². The topological polar surface area (TPSA) is 76.7 Å². The monoisotopic (exact) mass is 499 g/mol. The fourth-order valence-corrected chi connectivity index (χ4v) is 5.42. The number of likely N-dealkylation sites (N-methyl/N-ethyl adjacent to an activating group) is 1. The number of benzene rings is 3. The predicted octanol–water partition coefficient (Wildman–Crippen LogP) is 2.82. The summed E-state index contributed by atoms with van der Waals surface area (Å²) >= 11 is 0. The Morgan fingerprint density at radius 2 is 1.62 bits per heavy atom. The summed E-state index contributed by atoms with van der Waals surface area (Å²) in [6.07, 6.45) is 1.32. The van der Waals surface area contributed by atoms with Gasteiger partial charge < -0.3 is 20.9 Å². The van der Waals surface area contributed by atoms with Gasteiger partial charge in [0, 0.05) is 38.4 Å². The summed E-state index contributed by atoms with van der Waals surface area (Å²) in [4.78, 5) is 30.9. The molecule has 194 valence electrons. The molecule has 3 aromatic carbocycles. The van der Waals surface area contributed by atoms with Gasteiger partial charge >= 0.3 is 0 Å². The van der Waals surface area contributed by atoms with Gasteiger partial charge in [-0.05, 0) is 60.3 Å². The number of piperazine rings is 1. The van der Waals surface area contributed by atoms with Crippen LogP contribution in [-0.4, -0.2) is 62.0 Å². The molecule has 7 heteroatoms. The minimum Gasteiger partial charge on any atom is -0.343 e. The van der Waals surface area contributed by atoms with Crippen LogP contribution in [0.3, 0.4) is 0 Å². The van der Waals surface area contributed by atoms with Crippen molar-refractivity contribution in [3.05, 3.63) is 77.4 Å². The van der Waals surface area contributed by atoms with E-state index in [2.05, 4.69) is 63.3 Å². The van der Waals surface area contributed by atoms with E-state index in [4.69, 9.17) is 0 Å². The largest absolute Gasteiger partial charge is 0.343 e. The number of anilines is 1. The van der Waals surface area contributed by atoms with Crippen molar-refractivity contribution in [2.75, 3.05) is 38.1 Å². The molecule has 37 heavy (non-hydrogen) atoms. The number of aryl methyl sites for hydroxylation is 1. The van der Waals surface area contributed by atoms with Crippen molar-refractivity contribution in [2.24, 2.45) is 0 Å². The van der Waals surface area contributed by atoms with Crippen LogP contribution in [0.1, 0.15) is 30.0 Å². The Kier molecular flexibility index (Phi) is 7.84. The van der Waals surface area contributed by atoms with Gasteiger partial charge in [-0.1, -0.05) is 54.6 Å². The molecule has 2 atom stereocenters. The van der Waals surface area contributed by atoms with E-state index in [0.717, 1.165) is 56.0 Å². The molecule has 2 aliphatic rings. The highest BCUT2D eigenvalue weighted by atomic mass is 16.2. The molecule has 0 unspecified atom stereocenters. The second kappa shape index (κ2) is 11.4. The summed E-state index contributed by atoms with van der Waals surface area (Å²) in [5.41, 5.74) is 4.49. The van der Waals surface area contributed by atoms with Crippen LogP contribution in [0.15, 0.2) is 60.7 Å². The van der Waals surface area contributed by atoms with Crippen LogP contribution in [0.5, 0.6) is 0 Å². The van der Waals surface area contributed by atoms with E-state index in [1.165, 1.54) is 16.3 Å². The van der Waals surface area contributed by atoms with Crippen molar-refractivity contribution in [1.29, 1.82) is 0 Å². The number of para-hydroxylation sites is 1. The summed E-state index contributed by atoms with van der Waals surface area (Å²) in [7, 11) is 1.75. The third-order valence-corrected chi connectivity index (χ3v) is 7.73.